The van der Waals surface area contributed by atoms with Crippen molar-refractivity contribution in [2.75, 3.05) is 19.8 Å². The fourth-order valence-electron chi connectivity index (χ4n) is 6.56. The summed E-state index contributed by atoms with van der Waals surface area (Å²) in [6, 6.07) is -0.944. The maximum Gasteiger partial charge on any atom is 0.220 e. The number of allylic oxidation sites excluding steroid dienone is 11. The minimum atomic E-state index is -1.79. The standard InChI is InChI=1S/C45H75NO13/c1-3-5-7-9-11-13-14-15-16-17-18-19-20-21-23-25-27-29-37(50)46-33(34(49)28-26-24-22-12-10-8-6-4-2)32-56-44-42(55)40(53)43(36(31-48)58-44)59-45-41(54)39(52)38(51)35(30-47)57-45/h5,7,11,13,15-16,18-19,21,23,26,28,33-36,38-45,47-49,51-55H,3-4,6,8-10,12,14,17,20,22,24-25,27,29-32H2,1-2H3,(H,46,50)/b7-5-,13-11-,16-15-,19-18-,23-21-,28-26+. The smallest absolute Gasteiger partial charge is 0.220 e. The quantitative estimate of drug-likeness (QED) is 0.0372. The van der Waals surface area contributed by atoms with Crippen LogP contribution in [0.15, 0.2) is 72.9 Å². The number of aliphatic hydroxyl groups excluding tert-OH is 8. The summed E-state index contributed by atoms with van der Waals surface area (Å²) >= 11 is 0. The van der Waals surface area contributed by atoms with E-state index in [1.165, 1.54) is 19.3 Å². The predicted molar refractivity (Wildman–Crippen MR) is 226 cm³/mol. The molecule has 12 atom stereocenters. The van der Waals surface area contributed by atoms with Gasteiger partial charge in [0.25, 0.3) is 0 Å². The Hall–Kier alpha value is -2.57. The zero-order chi connectivity index (χ0) is 43.3. The molecule has 0 radical (unpaired) electrons. The molecule has 59 heavy (non-hydrogen) atoms. The van der Waals surface area contributed by atoms with Crippen LogP contribution < -0.4 is 5.32 Å². The van der Waals surface area contributed by atoms with E-state index in [1.807, 2.05) is 12.2 Å². The highest BCUT2D eigenvalue weighted by molar-refractivity contribution is 5.76. The Morgan fingerprint density at radius 1 is 0.627 bits per heavy atom. The lowest BCUT2D eigenvalue weighted by Crippen LogP contribution is -2.65. The van der Waals surface area contributed by atoms with Gasteiger partial charge in [0.15, 0.2) is 12.6 Å². The van der Waals surface area contributed by atoms with E-state index < -0.39 is 86.8 Å². The first-order valence-electron chi connectivity index (χ1n) is 21.7. The van der Waals surface area contributed by atoms with Gasteiger partial charge in [-0.1, -0.05) is 119 Å². The molecule has 2 aliphatic rings. The summed E-state index contributed by atoms with van der Waals surface area (Å²) in [6.45, 7) is 2.53. The van der Waals surface area contributed by atoms with Crippen molar-refractivity contribution in [3.63, 3.8) is 0 Å². The van der Waals surface area contributed by atoms with Crippen LogP contribution >= 0.6 is 0 Å². The van der Waals surface area contributed by atoms with Gasteiger partial charge in [0, 0.05) is 6.42 Å². The minimum absolute atomic E-state index is 0.198. The third kappa shape index (κ3) is 20.7. The van der Waals surface area contributed by atoms with Gasteiger partial charge in [-0.2, -0.15) is 0 Å². The number of carbonyl (C=O) groups is 1. The number of unbranched alkanes of at least 4 members (excludes halogenated alkanes) is 7. The summed E-state index contributed by atoms with van der Waals surface area (Å²) in [4.78, 5) is 13.0. The van der Waals surface area contributed by atoms with Crippen molar-refractivity contribution < 1.29 is 64.6 Å². The van der Waals surface area contributed by atoms with Gasteiger partial charge in [-0.3, -0.25) is 4.79 Å². The number of carbonyl (C=O) groups excluding carboxylic acids is 1. The van der Waals surface area contributed by atoms with Crippen LogP contribution in [0.1, 0.15) is 110 Å². The molecule has 14 nitrogen and oxygen atoms in total. The molecular weight excluding hydrogens is 762 g/mol. The van der Waals surface area contributed by atoms with E-state index in [-0.39, 0.29) is 18.9 Å². The second-order valence-electron chi connectivity index (χ2n) is 15.1. The molecule has 0 spiro atoms. The molecule has 14 heteroatoms. The van der Waals surface area contributed by atoms with Crippen LogP contribution in [-0.4, -0.2) is 140 Å². The first kappa shape index (κ1) is 52.6. The lowest BCUT2D eigenvalue weighted by atomic mass is 9.97. The lowest BCUT2D eigenvalue weighted by Gasteiger charge is -2.46. The van der Waals surface area contributed by atoms with Crippen LogP contribution in [0.5, 0.6) is 0 Å². The Balaban J connectivity index is 1.92. The van der Waals surface area contributed by atoms with Crippen molar-refractivity contribution in [3.8, 4) is 0 Å². The molecule has 2 rings (SSSR count). The van der Waals surface area contributed by atoms with E-state index in [9.17, 15) is 45.6 Å². The fourth-order valence-corrected chi connectivity index (χ4v) is 6.56. The van der Waals surface area contributed by atoms with Crippen LogP contribution in [0, 0.1) is 0 Å². The van der Waals surface area contributed by atoms with Crippen molar-refractivity contribution in [2.24, 2.45) is 0 Å². The number of hydrogen-bond acceptors (Lipinski definition) is 13. The van der Waals surface area contributed by atoms with Gasteiger partial charge in [0.2, 0.25) is 5.91 Å². The molecule has 338 valence electrons. The van der Waals surface area contributed by atoms with E-state index in [2.05, 4.69) is 73.8 Å². The lowest BCUT2D eigenvalue weighted by molar-refractivity contribution is -0.359. The molecule has 2 aliphatic heterocycles. The summed E-state index contributed by atoms with van der Waals surface area (Å²) in [5.41, 5.74) is 0. The molecule has 0 aliphatic carbocycles. The summed E-state index contributed by atoms with van der Waals surface area (Å²) in [7, 11) is 0. The number of hydrogen-bond donors (Lipinski definition) is 9. The van der Waals surface area contributed by atoms with Gasteiger partial charge in [-0.15, -0.1) is 0 Å². The molecule has 0 saturated carbocycles. The monoisotopic (exact) mass is 838 g/mol. The maximum atomic E-state index is 13.0. The minimum Gasteiger partial charge on any atom is -0.394 e. The molecule has 0 bridgehead atoms. The molecule has 9 N–H and O–H groups in total. The van der Waals surface area contributed by atoms with Gasteiger partial charge in [-0.25, -0.2) is 0 Å². The Morgan fingerprint density at radius 2 is 1.17 bits per heavy atom. The Kier molecular flexibility index (Phi) is 28.7. The van der Waals surface area contributed by atoms with Crippen molar-refractivity contribution in [2.45, 2.75) is 184 Å². The predicted octanol–water partition coefficient (Wildman–Crippen LogP) is 3.70. The topological polar surface area (TPSA) is 228 Å². The van der Waals surface area contributed by atoms with E-state index >= 15 is 0 Å². The van der Waals surface area contributed by atoms with E-state index in [4.69, 9.17) is 18.9 Å². The van der Waals surface area contributed by atoms with E-state index in [0.717, 1.165) is 57.8 Å². The second kappa shape index (κ2) is 32.2. The third-order valence-electron chi connectivity index (χ3n) is 10.1. The molecule has 0 aromatic carbocycles. The Bertz CT molecular complexity index is 1270. The summed E-state index contributed by atoms with van der Waals surface area (Å²) < 4.78 is 22.5. The molecular formula is C45H75NO13. The molecule has 12 unspecified atom stereocenters. The van der Waals surface area contributed by atoms with Gasteiger partial charge < -0.3 is 65.1 Å². The molecule has 2 saturated heterocycles. The number of rotatable bonds is 30. The fraction of sp³-hybridized carbons (Fsp3) is 0.711. The van der Waals surface area contributed by atoms with Gasteiger partial charge >= 0.3 is 0 Å². The molecule has 0 aromatic heterocycles. The average Bonchev–Trinajstić information content (AvgIpc) is 3.23. The normalized spacial score (nSPS) is 29.3. The van der Waals surface area contributed by atoms with Gasteiger partial charge in [0.1, 0.15) is 48.8 Å². The van der Waals surface area contributed by atoms with Crippen LogP contribution in [0.4, 0.5) is 0 Å². The number of amides is 1. The van der Waals surface area contributed by atoms with Crippen molar-refractivity contribution >= 4 is 5.91 Å². The molecule has 2 heterocycles. The van der Waals surface area contributed by atoms with Gasteiger partial charge in [-0.05, 0) is 57.8 Å². The second-order valence-corrected chi connectivity index (χ2v) is 15.1. The molecule has 2 fully saturated rings. The largest absolute Gasteiger partial charge is 0.394 e. The summed E-state index contributed by atoms with van der Waals surface area (Å²) in [5.74, 6) is -0.305. The zero-order valence-corrected chi connectivity index (χ0v) is 35.2. The van der Waals surface area contributed by atoms with Gasteiger partial charge in [0.05, 0.1) is 32.0 Å². The highest BCUT2D eigenvalue weighted by Crippen LogP contribution is 2.29. The van der Waals surface area contributed by atoms with E-state index in [0.29, 0.717) is 12.8 Å². The summed E-state index contributed by atoms with van der Waals surface area (Å²) in [6.07, 6.45) is 21.2. The van der Waals surface area contributed by atoms with Crippen molar-refractivity contribution in [1.29, 1.82) is 0 Å². The highest BCUT2D eigenvalue weighted by atomic mass is 16.7. The van der Waals surface area contributed by atoms with Crippen molar-refractivity contribution in [1.82, 2.24) is 5.32 Å². The van der Waals surface area contributed by atoms with Crippen LogP contribution in [0.3, 0.4) is 0 Å². The third-order valence-corrected chi connectivity index (χ3v) is 10.1. The van der Waals surface area contributed by atoms with Crippen molar-refractivity contribution in [3.05, 3.63) is 72.9 Å². The Morgan fingerprint density at radius 3 is 1.78 bits per heavy atom. The maximum absolute atomic E-state index is 13.0. The van der Waals surface area contributed by atoms with E-state index in [1.54, 1.807) is 6.08 Å². The first-order valence-corrected chi connectivity index (χ1v) is 21.7. The van der Waals surface area contributed by atoms with Crippen LogP contribution in [0.25, 0.3) is 0 Å². The zero-order valence-electron chi connectivity index (χ0n) is 35.2. The first-order chi connectivity index (χ1) is 28.6. The molecule has 1 amide bonds. The Labute approximate surface area is 351 Å². The number of ether oxygens (including phenoxy) is 4. The van der Waals surface area contributed by atoms with Crippen LogP contribution in [0.2, 0.25) is 0 Å². The average molecular weight is 838 g/mol. The van der Waals surface area contributed by atoms with Crippen LogP contribution in [-0.2, 0) is 23.7 Å². The number of nitrogens with one attached hydrogen (secondary N) is 1. The highest BCUT2D eigenvalue weighted by Gasteiger charge is 2.50. The molecule has 0 aromatic rings. The number of aliphatic hydroxyl groups is 8. The SMILES string of the molecule is CC/C=C\C/C=C\C/C=C\C/C=C\C/C=C\CCCC(=O)NC(COC1OC(CO)C(OC2OC(CO)C(O)C(O)C2O)C(O)C1O)C(O)/C=C/CCCCCCCC. The summed E-state index contributed by atoms with van der Waals surface area (Å²) in [5, 5.41) is 86.1.